The molecule has 0 unspecified atom stereocenters. The smallest absolute Gasteiger partial charge is 0.302 e. The fraction of sp³-hybridized carbons (Fsp3) is 0.312. The van der Waals surface area contributed by atoms with Gasteiger partial charge >= 0.3 is 10.2 Å². The van der Waals surface area contributed by atoms with Gasteiger partial charge in [0.2, 0.25) is 0 Å². The van der Waals surface area contributed by atoms with Crippen molar-refractivity contribution in [3.8, 4) is 6.07 Å². The number of nitriles is 1. The summed E-state index contributed by atoms with van der Waals surface area (Å²) in [6.07, 6.45) is 1.63. The van der Waals surface area contributed by atoms with Crippen LogP contribution < -0.4 is 9.62 Å². The van der Waals surface area contributed by atoms with Gasteiger partial charge in [-0.2, -0.15) is 18.0 Å². The molecule has 1 aliphatic rings. The van der Waals surface area contributed by atoms with E-state index in [0.29, 0.717) is 43.4 Å². The molecule has 130 valence electrons. The van der Waals surface area contributed by atoms with Crippen LogP contribution in [0.15, 0.2) is 36.5 Å². The molecule has 0 spiro atoms. The van der Waals surface area contributed by atoms with E-state index in [2.05, 4.69) is 20.8 Å². The first-order valence-corrected chi connectivity index (χ1v) is 9.25. The largest absolute Gasteiger partial charge is 0.353 e. The highest BCUT2D eigenvalue weighted by molar-refractivity contribution is 7.90. The van der Waals surface area contributed by atoms with Gasteiger partial charge in [-0.15, -0.1) is 0 Å². The Morgan fingerprint density at radius 2 is 1.92 bits per heavy atom. The summed E-state index contributed by atoms with van der Waals surface area (Å²) >= 11 is 0. The topological polar surface area (TPSA) is 102 Å². The lowest BCUT2D eigenvalue weighted by molar-refractivity contribution is 0.386. The molecule has 0 bridgehead atoms. The lowest BCUT2D eigenvalue weighted by Gasteiger charge is -2.34. The number of pyridine rings is 2. The molecule has 1 fully saturated rings. The molecule has 1 N–H and O–H groups in total. The monoisotopic (exact) mass is 358 g/mol. The summed E-state index contributed by atoms with van der Waals surface area (Å²) in [4.78, 5) is 10.3. The van der Waals surface area contributed by atoms with Gasteiger partial charge in [-0.3, -0.25) is 4.72 Å². The Kier molecular flexibility index (Phi) is 4.83. The number of anilines is 2. The number of aryl methyl sites for hydroxylation is 1. The lowest BCUT2D eigenvalue weighted by atomic mass is 10.2. The molecule has 0 amide bonds. The number of nitrogens with zero attached hydrogens (tertiary/aromatic N) is 5. The van der Waals surface area contributed by atoms with Crippen LogP contribution in [0.2, 0.25) is 0 Å². The zero-order chi connectivity index (χ0) is 17.9. The molecule has 0 radical (unpaired) electrons. The zero-order valence-corrected chi connectivity index (χ0v) is 14.6. The minimum Gasteiger partial charge on any atom is -0.353 e. The highest BCUT2D eigenvalue weighted by atomic mass is 32.2. The second-order valence-corrected chi connectivity index (χ2v) is 7.31. The molecule has 0 atom stereocenters. The van der Waals surface area contributed by atoms with E-state index in [0.717, 1.165) is 5.69 Å². The molecule has 1 aliphatic heterocycles. The van der Waals surface area contributed by atoms with Crippen molar-refractivity contribution in [1.29, 1.82) is 5.26 Å². The number of piperazine rings is 1. The van der Waals surface area contributed by atoms with Crippen LogP contribution in [0.5, 0.6) is 0 Å². The number of hydrogen-bond donors (Lipinski definition) is 1. The van der Waals surface area contributed by atoms with Crippen molar-refractivity contribution in [3.05, 3.63) is 47.8 Å². The van der Waals surface area contributed by atoms with Crippen LogP contribution in [0, 0.1) is 18.3 Å². The first-order valence-electron chi connectivity index (χ1n) is 7.81. The Labute approximate surface area is 146 Å². The number of rotatable bonds is 4. The van der Waals surface area contributed by atoms with E-state index in [1.807, 2.05) is 4.90 Å². The summed E-state index contributed by atoms with van der Waals surface area (Å²) in [6, 6.07) is 10.7. The van der Waals surface area contributed by atoms with Gasteiger partial charge < -0.3 is 4.90 Å². The Morgan fingerprint density at radius 3 is 2.60 bits per heavy atom. The summed E-state index contributed by atoms with van der Waals surface area (Å²) in [5, 5.41) is 9.18. The summed E-state index contributed by atoms with van der Waals surface area (Å²) in [7, 11) is -3.67. The summed E-state index contributed by atoms with van der Waals surface area (Å²) in [5.41, 5.74) is 1.23. The van der Waals surface area contributed by atoms with Gasteiger partial charge in [-0.25, -0.2) is 9.97 Å². The average Bonchev–Trinajstić information content (AvgIpc) is 2.61. The second kappa shape index (κ2) is 7.04. The normalized spacial score (nSPS) is 15.6. The molecule has 3 rings (SSSR count). The Bertz CT molecular complexity index is 901. The van der Waals surface area contributed by atoms with E-state index in [9.17, 15) is 13.7 Å². The molecule has 0 aliphatic carbocycles. The van der Waals surface area contributed by atoms with E-state index < -0.39 is 10.2 Å². The first kappa shape index (κ1) is 17.1. The minimum absolute atomic E-state index is 0.305. The quantitative estimate of drug-likeness (QED) is 0.879. The van der Waals surface area contributed by atoms with Gasteiger partial charge in [0.25, 0.3) is 0 Å². The number of aromatic nitrogens is 2. The van der Waals surface area contributed by atoms with Gasteiger partial charge in [0.1, 0.15) is 17.7 Å². The van der Waals surface area contributed by atoms with Crippen LogP contribution in [-0.4, -0.2) is 48.9 Å². The predicted molar refractivity (Wildman–Crippen MR) is 94.3 cm³/mol. The van der Waals surface area contributed by atoms with Gasteiger partial charge in [-0.1, -0.05) is 6.07 Å². The number of hydrogen-bond acceptors (Lipinski definition) is 6. The molecule has 2 aromatic rings. The maximum Gasteiger partial charge on any atom is 0.302 e. The summed E-state index contributed by atoms with van der Waals surface area (Å²) in [6.45, 7) is 3.35. The van der Waals surface area contributed by atoms with Gasteiger partial charge in [-0.05, 0) is 31.2 Å². The molecule has 9 heteroatoms. The molecular formula is C16H18N6O2S. The molecule has 3 heterocycles. The molecule has 8 nitrogen and oxygen atoms in total. The van der Waals surface area contributed by atoms with Crippen LogP contribution in [0.1, 0.15) is 11.3 Å². The van der Waals surface area contributed by atoms with Crippen molar-refractivity contribution in [2.45, 2.75) is 6.92 Å². The second-order valence-electron chi connectivity index (χ2n) is 5.64. The third-order valence-electron chi connectivity index (χ3n) is 3.91. The van der Waals surface area contributed by atoms with E-state index in [-0.39, 0.29) is 0 Å². The van der Waals surface area contributed by atoms with Crippen molar-refractivity contribution in [2.24, 2.45) is 0 Å². The Balaban J connectivity index is 1.68. The molecule has 25 heavy (non-hydrogen) atoms. The van der Waals surface area contributed by atoms with Crippen molar-refractivity contribution >= 4 is 21.8 Å². The van der Waals surface area contributed by atoms with E-state index in [1.165, 1.54) is 4.31 Å². The fourth-order valence-corrected chi connectivity index (χ4v) is 3.82. The standard InChI is InChI=1S/C16H18N6O2S/c1-13-4-2-6-15(19-13)20-25(23,24)22-10-8-21(9-11-22)16-14(12-17)5-3-7-18-16/h2-7H,8-11H2,1H3,(H,19,20). The van der Waals surface area contributed by atoms with Crippen LogP contribution in [0.3, 0.4) is 0 Å². The maximum atomic E-state index is 12.5. The third kappa shape index (κ3) is 3.87. The highest BCUT2D eigenvalue weighted by Crippen LogP contribution is 2.19. The molecule has 0 saturated carbocycles. The molecule has 2 aromatic heterocycles. The molecular weight excluding hydrogens is 340 g/mol. The minimum atomic E-state index is -3.67. The van der Waals surface area contributed by atoms with Crippen LogP contribution in [0.25, 0.3) is 0 Å². The predicted octanol–water partition coefficient (Wildman–Crippen LogP) is 1.14. The highest BCUT2D eigenvalue weighted by Gasteiger charge is 2.28. The van der Waals surface area contributed by atoms with Gasteiger partial charge in [0, 0.05) is 38.1 Å². The van der Waals surface area contributed by atoms with Crippen molar-refractivity contribution < 1.29 is 8.42 Å². The van der Waals surface area contributed by atoms with E-state index in [1.54, 1.807) is 43.5 Å². The molecule has 0 aromatic carbocycles. The van der Waals surface area contributed by atoms with Gasteiger partial charge in [0.05, 0.1) is 5.56 Å². The van der Waals surface area contributed by atoms with Crippen molar-refractivity contribution in [1.82, 2.24) is 14.3 Å². The summed E-state index contributed by atoms with van der Waals surface area (Å²) in [5.74, 6) is 0.897. The van der Waals surface area contributed by atoms with E-state index in [4.69, 9.17) is 0 Å². The third-order valence-corrected chi connectivity index (χ3v) is 5.42. The SMILES string of the molecule is Cc1cccc(NS(=O)(=O)N2CCN(c3ncccc3C#N)CC2)n1. The zero-order valence-electron chi connectivity index (χ0n) is 13.8. The van der Waals surface area contributed by atoms with Crippen LogP contribution in [0.4, 0.5) is 11.6 Å². The van der Waals surface area contributed by atoms with Crippen molar-refractivity contribution in [3.63, 3.8) is 0 Å². The molecule has 1 saturated heterocycles. The average molecular weight is 358 g/mol. The number of nitrogens with one attached hydrogen (secondary N) is 1. The van der Waals surface area contributed by atoms with Crippen LogP contribution in [-0.2, 0) is 10.2 Å². The first-order chi connectivity index (χ1) is 12.0. The lowest BCUT2D eigenvalue weighted by Crippen LogP contribution is -2.50. The van der Waals surface area contributed by atoms with Crippen molar-refractivity contribution in [2.75, 3.05) is 35.8 Å². The van der Waals surface area contributed by atoms with Gasteiger partial charge in [0.15, 0.2) is 0 Å². The fourth-order valence-electron chi connectivity index (χ4n) is 2.67. The summed E-state index contributed by atoms with van der Waals surface area (Å²) < 4.78 is 28.9. The maximum absolute atomic E-state index is 12.5. The van der Waals surface area contributed by atoms with E-state index >= 15 is 0 Å². The van der Waals surface area contributed by atoms with Crippen LogP contribution >= 0.6 is 0 Å². The Hall–Kier alpha value is -2.70. The Morgan fingerprint density at radius 1 is 1.16 bits per heavy atom.